The standard InChI is InChI=1S/C15H23NO2/c1-11(2)18-15(10-16-12-8-9-12)13-6-4-5-7-14(13)17-3/h4-7,11-12,15-16H,8-10H2,1-3H3. The highest BCUT2D eigenvalue weighted by Gasteiger charge is 2.24. The van der Waals surface area contributed by atoms with E-state index in [4.69, 9.17) is 9.47 Å². The predicted molar refractivity (Wildman–Crippen MR) is 73.0 cm³/mol. The summed E-state index contributed by atoms with van der Waals surface area (Å²) < 4.78 is 11.4. The molecule has 100 valence electrons. The van der Waals surface area contributed by atoms with Crippen molar-refractivity contribution in [2.45, 2.75) is 44.9 Å². The molecule has 0 aliphatic heterocycles. The zero-order chi connectivity index (χ0) is 13.0. The van der Waals surface area contributed by atoms with Crippen LogP contribution in [0.4, 0.5) is 0 Å². The van der Waals surface area contributed by atoms with Crippen molar-refractivity contribution in [2.75, 3.05) is 13.7 Å². The third-order valence-corrected chi connectivity index (χ3v) is 3.09. The molecule has 1 aromatic carbocycles. The number of hydrogen-bond acceptors (Lipinski definition) is 3. The van der Waals surface area contributed by atoms with Gasteiger partial charge in [0.05, 0.1) is 19.3 Å². The Labute approximate surface area is 109 Å². The average molecular weight is 249 g/mol. The lowest BCUT2D eigenvalue weighted by Gasteiger charge is -2.23. The van der Waals surface area contributed by atoms with Crippen molar-refractivity contribution in [3.63, 3.8) is 0 Å². The van der Waals surface area contributed by atoms with Crippen LogP contribution in [0.2, 0.25) is 0 Å². The van der Waals surface area contributed by atoms with E-state index in [1.165, 1.54) is 12.8 Å². The molecule has 0 bridgehead atoms. The van der Waals surface area contributed by atoms with Crippen molar-refractivity contribution in [3.8, 4) is 5.75 Å². The van der Waals surface area contributed by atoms with Crippen LogP contribution >= 0.6 is 0 Å². The lowest BCUT2D eigenvalue weighted by atomic mass is 10.1. The predicted octanol–water partition coefficient (Wildman–Crippen LogP) is 2.91. The van der Waals surface area contributed by atoms with Crippen LogP contribution in [-0.2, 0) is 4.74 Å². The molecule has 1 atom stereocenters. The molecule has 0 aromatic heterocycles. The van der Waals surface area contributed by atoms with E-state index < -0.39 is 0 Å². The molecule has 0 saturated heterocycles. The van der Waals surface area contributed by atoms with E-state index in [0.717, 1.165) is 17.9 Å². The molecule has 0 heterocycles. The van der Waals surface area contributed by atoms with Crippen LogP contribution in [-0.4, -0.2) is 25.8 Å². The summed E-state index contributed by atoms with van der Waals surface area (Å²) in [5, 5.41) is 3.53. The first-order valence-electron chi connectivity index (χ1n) is 6.72. The fraction of sp³-hybridized carbons (Fsp3) is 0.600. The molecule has 1 N–H and O–H groups in total. The average Bonchev–Trinajstić information content (AvgIpc) is 3.18. The molecule has 1 fully saturated rings. The summed E-state index contributed by atoms with van der Waals surface area (Å²) in [4.78, 5) is 0. The van der Waals surface area contributed by atoms with Crippen LogP contribution < -0.4 is 10.1 Å². The second-order valence-corrected chi connectivity index (χ2v) is 5.10. The summed E-state index contributed by atoms with van der Waals surface area (Å²) >= 11 is 0. The van der Waals surface area contributed by atoms with Gasteiger partial charge in [-0.2, -0.15) is 0 Å². The Bertz CT molecular complexity index is 375. The molecule has 0 radical (unpaired) electrons. The van der Waals surface area contributed by atoms with Gasteiger partial charge in [-0.05, 0) is 32.8 Å². The van der Waals surface area contributed by atoms with E-state index in [1.807, 2.05) is 18.2 Å². The number of nitrogens with one attached hydrogen (secondary N) is 1. The highest BCUT2D eigenvalue weighted by Crippen LogP contribution is 2.29. The molecular formula is C15H23NO2. The SMILES string of the molecule is COc1ccccc1C(CNC1CC1)OC(C)C. The molecule has 18 heavy (non-hydrogen) atoms. The number of benzene rings is 1. The van der Waals surface area contributed by atoms with Gasteiger partial charge in [-0.3, -0.25) is 0 Å². The fourth-order valence-corrected chi connectivity index (χ4v) is 2.05. The molecule has 3 heteroatoms. The Morgan fingerprint density at radius 3 is 2.61 bits per heavy atom. The highest BCUT2D eigenvalue weighted by atomic mass is 16.5. The summed E-state index contributed by atoms with van der Waals surface area (Å²) in [7, 11) is 1.71. The highest BCUT2D eigenvalue weighted by molar-refractivity contribution is 5.35. The zero-order valence-corrected chi connectivity index (χ0v) is 11.5. The monoisotopic (exact) mass is 249 g/mol. The third-order valence-electron chi connectivity index (χ3n) is 3.09. The van der Waals surface area contributed by atoms with Crippen LogP contribution in [0, 0.1) is 0 Å². The van der Waals surface area contributed by atoms with Gasteiger partial charge in [-0.15, -0.1) is 0 Å². The molecule has 1 aromatic rings. The minimum absolute atomic E-state index is 0.0572. The van der Waals surface area contributed by atoms with Gasteiger partial charge in [0, 0.05) is 18.2 Å². The van der Waals surface area contributed by atoms with E-state index in [-0.39, 0.29) is 12.2 Å². The molecule has 0 spiro atoms. The Morgan fingerprint density at radius 1 is 1.28 bits per heavy atom. The largest absolute Gasteiger partial charge is 0.496 e. The molecule has 3 nitrogen and oxygen atoms in total. The number of para-hydroxylation sites is 1. The van der Waals surface area contributed by atoms with Gasteiger partial charge >= 0.3 is 0 Å². The molecule has 1 unspecified atom stereocenters. The van der Waals surface area contributed by atoms with E-state index in [9.17, 15) is 0 Å². The first-order valence-corrected chi connectivity index (χ1v) is 6.72. The van der Waals surface area contributed by atoms with Crippen molar-refractivity contribution in [1.29, 1.82) is 0 Å². The smallest absolute Gasteiger partial charge is 0.124 e. The number of ether oxygens (including phenoxy) is 2. The lowest BCUT2D eigenvalue weighted by Crippen LogP contribution is -2.27. The Balaban J connectivity index is 2.09. The third kappa shape index (κ3) is 3.72. The summed E-state index contributed by atoms with van der Waals surface area (Å²) in [5.41, 5.74) is 1.13. The number of hydrogen-bond donors (Lipinski definition) is 1. The van der Waals surface area contributed by atoms with Crippen LogP contribution in [0.3, 0.4) is 0 Å². The van der Waals surface area contributed by atoms with Gasteiger partial charge in [0.1, 0.15) is 5.75 Å². The van der Waals surface area contributed by atoms with E-state index in [0.29, 0.717) is 6.04 Å². The maximum absolute atomic E-state index is 6.01. The van der Waals surface area contributed by atoms with Crippen molar-refractivity contribution in [1.82, 2.24) is 5.32 Å². The first-order chi connectivity index (χ1) is 8.70. The van der Waals surface area contributed by atoms with Crippen molar-refractivity contribution >= 4 is 0 Å². The molecule has 2 rings (SSSR count). The maximum Gasteiger partial charge on any atom is 0.124 e. The van der Waals surface area contributed by atoms with Gasteiger partial charge in [0.25, 0.3) is 0 Å². The normalized spacial score (nSPS) is 16.9. The number of rotatable bonds is 7. The van der Waals surface area contributed by atoms with Gasteiger partial charge in [-0.1, -0.05) is 18.2 Å². The molecular weight excluding hydrogens is 226 g/mol. The van der Waals surface area contributed by atoms with Gasteiger partial charge < -0.3 is 14.8 Å². The quantitative estimate of drug-likeness (QED) is 0.806. The lowest BCUT2D eigenvalue weighted by molar-refractivity contribution is 0.00574. The van der Waals surface area contributed by atoms with E-state index >= 15 is 0 Å². The van der Waals surface area contributed by atoms with E-state index in [2.05, 4.69) is 25.2 Å². The van der Waals surface area contributed by atoms with Gasteiger partial charge in [0.2, 0.25) is 0 Å². The Hall–Kier alpha value is -1.06. The Kier molecular flexibility index (Phi) is 4.61. The van der Waals surface area contributed by atoms with E-state index in [1.54, 1.807) is 7.11 Å². The summed E-state index contributed by atoms with van der Waals surface area (Å²) in [5.74, 6) is 0.903. The second-order valence-electron chi connectivity index (χ2n) is 5.10. The summed E-state index contributed by atoms with van der Waals surface area (Å²) in [6.45, 7) is 4.99. The minimum atomic E-state index is 0.0572. The zero-order valence-electron chi connectivity index (χ0n) is 11.5. The molecule has 0 amide bonds. The van der Waals surface area contributed by atoms with Gasteiger partial charge in [0.15, 0.2) is 0 Å². The fourth-order valence-electron chi connectivity index (χ4n) is 2.05. The topological polar surface area (TPSA) is 30.5 Å². The summed E-state index contributed by atoms with van der Waals surface area (Å²) in [6.07, 6.45) is 2.85. The molecule has 1 aliphatic carbocycles. The molecule has 1 saturated carbocycles. The van der Waals surface area contributed by atoms with Crippen LogP contribution in [0.5, 0.6) is 5.75 Å². The Morgan fingerprint density at radius 2 is 2.00 bits per heavy atom. The number of methoxy groups -OCH3 is 1. The first kappa shape index (κ1) is 13.4. The van der Waals surface area contributed by atoms with Crippen LogP contribution in [0.15, 0.2) is 24.3 Å². The van der Waals surface area contributed by atoms with Gasteiger partial charge in [-0.25, -0.2) is 0 Å². The van der Waals surface area contributed by atoms with Crippen molar-refractivity contribution < 1.29 is 9.47 Å². The maximum atomic E-state index is 6.01. The molecule has 1 aliphatic rings. The van der Waals surface area contributed by atoms with Crippen molar-refractivity contribution in [3.05, 3.63) is 29.8 Å². The van der Waals surface area contributed by atoms with Crippen molar-refractivity contribution in [2.24, 2.45) is 0 Å². The van der Waals surface area contributed by atoms with Crippen LogP contribution in [0.1, 0.15) is 38.4 Å². The van der Waals surface area contributed by atoms with Crippen LogP contribution in [0.25, 0.3) is 0 Å². The summed E-state index contributed by atoms with van der Waals surface area (Å²) in [6, 6.07) is 8.79. The second kappa shape index (κ2) is 6.21. The minimum Gasteiger partial charge on any atom is -0.496 e.